The fourth-order valence-electron chi connectivity index (χ4n) is 2.90. The van der Waals surface area contributed by atoms with Gasteiger partial charge in [0.2, 0.25) is 0 Å². The van der Waals surface area contributed by atoms with Crippen molar-refractivity contribution in [3.63, 3.8) is 0 Å². The van der Waals surface area contributed by atoms with Crippen LogP contribution in [0.5, 0.6) is 0 Å². The zero-order valence-corrected chi connectivity index (χ0v) is 13.1. The summed E-state index contributed by atoms with van der Waals surface area (Å²) in [6.45, 7) is 1.81. The summed E-state index contributed by atoms with van der Waals surface area (Å²) in [6.07, 6.45) is 5.57. The fourth-order valence-corrected chi connectivity index (χ4v) is 5.28. The highest BCUT2D eigenvalue weighted by Crippen LogP contribution is 2.28. The molecule has 1 aromatic heterocycles. The quantitative estimate of drug-likeness (QED) is 0.883. The van der Waals surface area contributed by atoms with Crippen LogP contribution in [0.1, 0.15) is 30.7 Å². The Balaban J connectivity index is 0.00000133. The average molecular weight is 324 g/mol. The first-order chi connectivity index (χ1) is 8.53. The van der Waals surface area contributed by atoms with E-state index in [0.29, 0.717) is 16.3 Å². The molecular formula is C11H18ClN3O2S2. The number of halogens is 1. The minimum absolute atomic E-state index is 0. The molecule has 19 heavy (non-hydrogen) atoms. The van der Waals surface area contributed by atoms with E-state index in [4.69, 9.17) is 0 Å². The number of nitrogens with zero attached hydrogens (tertiary/aromatic N) is 1. The Morgan fingerprint density at radius 2 is 2.00 bits per heavy atom. The third-order valence-corrected chi connectivity index (χ3v) is 6.55. The van der Waals surface area contributed by atoms with Crippen molar-refractivity contribution in [3.05, 3.63) is 11.2 Å². The normalized spacial score (nSPS) is 30.1. The molecule has 5 nitrogen and oxygen atoms in total. The van der Waals surface area contributed by atoms with Crippen LogP contribution in [-0.4, -0.2) is 31.5 Å². The Bertz CT molecular complexity index is 534. The van der Waals surface area contributed by atoms with Crippen molar-refractivity contribution in [3.8, 4) is 0 Å². The lowest BCUT2D eigenvalue weighted by molar-refractivity contribution is 0.345. The summed E-state index contributed by atoms with van der Waals surface area (Å²) in [4.78, 5) is 4.01. The molecule has 0 radical (unpaired) electrons. The maximum Gasteiger partial charge on any atom is 0.251 e. The van der Waals surface area contributed by atoms with E-state index in [1.54, 1.807) is 0 Å². The van der Waals surface area contributed by atoms with Crippen LogP contribution >= 0.6 is 23.7 Å². The summed E-state index contributed by atoms with van der Waals surface area (Å²) in [5, 5.41) is 4.28. The Kier molecular flexibility index (Phi) is 4.52. The van der Waals surface area contributed by atoms with Gasteiger partial charge in [-0.2, -0.15) is 0 Å². The zero-order chi connectivity index (χ0) is 12.8. The maximum absolute atomic E-state index is 12.2. The van der Waals surface area contributed by atoms with Crippen molar-refractivity contribution >= 4 is 33.8 Å². The molecule has 3 rings (SSSR count). The molecular weight excluding hydrogens is 306 g/mol. The predicted molar refractivity (Wildman–Crippen MR) is 77.4 cm³/mol. The molecule has 8 heteroatoms. The standard InChI is InChI=1S/C11H17N3O2S2.ClH/c1-7-12-6-11(17-7)18(15,16)14-10-4-8-2-3-9(5-10)13-8;/h6,8-10,13-14H,2-5H2,1H3;1H. The van der Waals surface area contributed by atoms with Gasteiger partial charge in [-0.05, 0) is 32.6 Å². The largest absolute Gasteiger partial charge is 0.311 e. The number of thiazole rings is 1. The molecule has 3 heterocycles. The van der Waals surface area contributed by atoms with Crippen molar-refractivity contribution < 1.29 is 8.42 Å². The lowest BCUT2D eigenvalue weighted by Crippen LogP contribution is -2.47. The summed E-state index contributed by atoms with van der Waals surface area (Å²) in [7, 11) is -3.38. The van der Waals surface area contributed by atoms with Gasteiger partial charge in [0.15, 0.2) is 4.21 Å². The Hall–Kier alpha value is -0.210. The van der Waals surface area contributed by atoms with Gasteiger partial charge in [-0.1, -0.05) is 0 Å². The van der Waals surface area contributed by atoms with Crippen LogP contribution in [0.15, 0.2) is 10.4 Å². The predicted octanol–water partition coefficient (Wildman–Crippen LogP) is 1.43. The molecule has 2 atom stereocenters. The number of sulfonamides is 1. The van der Waals surface area contributed by atoms with Gasteiger partial charge >= 0.3 is 0 Å². The van der Waals surface area contributed by atoms with E-state index in [1.807, 2.05) is 6.92 Å². The third kappa shape index (κ3) is 3.28. The second kappa shape index (κ2) is 5.65. The molecule has 2 unspecified atom stereocenters. The Morgan fingerprint density at radius 3 is 2.53 bits per heavy atom. The SMILES string of the molecule is Cc1ncc(S(=O)(=O)NC2CC3CCC(C2)N3)s1.Cl. The second-order valence-electron chi connectivity index (χ2n) is 5.13. The van der Waals surface area contributed by atoms with Gasteiger partial charge in [0.05, 0.1) is 11.2 Å². The van der Waals surface area contributed by atoms with E-state index in [9.17, 15) is 8.42 Å². The molecule has 108 valence electrons. The number of aromatic nitrogens is 1. The Morgan fingerprint density at radius 1 is 1.37 bits per heavy atom. The summed E-state index contributed by atoms with van der Waals surface area (Å²) >= 11 is 1.22. The number of hydrogen-bond acceptors (Lipinski definition) is 5. The number of rotatable bonds is 3. The minimum Gasteiger partial charge on any atom is -0.311 e. The van der Waals surface area contributed by atoms with Gasteiger partial charge in [-0.25, -0.2) is 18.1 Å². The van der Waals surface area contributed by atoms with Gasteiger partial charge in [-0.15, -0.1) is 23.7 Å². The second-order valence-corrected chi connectivity index (χ2v) is 8.30. The first-order valence-corrected chi connectivity index (χ1v) is 8.54. The van der Waals surface area contributed by atoms with E-state index in [0.717, 1.165) is 17.8 Å². The number of nitrogens with one attached hydrogen (secondary N) is 2. The van der Waals surface area contributed by atoms with Crippen molar-refractivity contribution in [2.75, 3.05) is 0 Å². The molecule has 2 bridgehead atoms. The van der Waals surface area contributed by atoms with Gasteiger partial charge in [0, 0.05) is 18.1 Å². The van der Waals surface area contributed by atoms with Crippen LogP contribution in [0.4, 0.5) is 0 Å². The highest BCUT2D eigenvalue weighted by atomic mass is 35.5. The first kappa shape index (κ1) is 15.2. The molecule has 0 aliphatic carbocycles. The summed E-state index contributed by atoms with van der Waals surface area (Å²) < 4.78 is 27.5. The van der Waals surface area contributed by atoms with Crippen LogP contribution in [0.3, 0.4) is 0 Å². The van der Waals surface area contributed by atoms with Crippen molar-refractivity contribution in [1.82, 2.24) is 15.0 Å². The molecule has 0 amide bonds. The topological polar surface area (TPSA) is 71.1 Å². The van der Waals surface area contributed by atoms with E-state index in [2.05, 4.69) is 15.0 Å². The highest BCUT2D eigenvalue weighted by molar-refractivity contribution is 7.91. The number of fused-ring (bicyclic) bond motifs is 2. The monoisotopic (exact) mass is 323 g/mol. The summed E-state index contributed by atoms with van der Waals surface area (Å²) in [5.41, 5.74) is 0. The first-order valence-electron chi connectivity index (χ1n) is 6.24. The van der Waals surface area contributed by atoms with Crippen LogP contribution in [0, 0.1) is 6.92 Å². The van der Waals surface area contributed by atoms with Crippen LogP contribution in [0.2, 0.25) is 0 Å². The summed E-state index contributed by atoms with van der Waals surface area (Å²) in [6, 6.07) is 1.04. The third-order valence-electron chi connectivity index (χ3n) is 3.66. The molecule has 2 aliphatic heterocycles. The lowest BCUT2D eigenvalue weighted by atomic mass is 10.0. The molecule has 2 fully saturated rings. The molecule has 0 aromatic carbocycles. The van der Waals surface area contributed by atoms with Gasteiger partial charge < -0.3 is 5.32 Å². The molecule has 2 N–H and O–H groups in total. The fraction of sp³-hybridized carbons (Fsp3) is 0.727. The highest BCUT2D eigenvalue weighted by Gasteiger charge is 2.35. The minimum atomic E-state index is -3.38. The number of hydrogen-bond donors (Lipinski definition) is 2. The molecule has 0 spiro atoms. The maximum atomic E-state index is 12.2. The van der Waals surface area contributed by atoms with Crippen LogP contribution < -0.4 is 10.0 Å². The van der Waals surface area contributed by atoms with Crippen molar-refractivity contribution in [1.29, 1.82) is 0 Å². The van der Waals surface area contributed by atoms with E-state index in [1.165, 1.54) is 30.4 Å². The zero-order valence-electron chi connectivity index (χ0n) is 10.6. The van der Waals surface area contributed by atoms with E-state index < -0.39 is 10.0 Å². The average Bonchev–Trinajstić information content (AvgIpc) is 2.85. The van der Waals surface area contributed by atoms with Crippen LogP contribution in [-0.2, 0) is 10.0 Å². The van der Waals surface area contributed by atoms with Gasteiger partial charge in [0.1, 0.15) is 0 Å². The van der Waals surface area contributed by atoms with Crippen molar-refractivity contribution in [2.24, 2.45) is 0 Å². The number of piperidine rings is 1. The van der Waals surface area contributed by atoms with Gasteiger partial charge in [0.25, 0.3) is 10.0 Å². The Labute approximate surface area is 123 Å². The molecule has 1 aromatic rings. The molecule has 2 saturated heterocycles. The summed E-state index contributed by atoms with van der Waals surface area (Å²) in [5.74, 6) is 0. The number of aryl methyl sites for hydroxylation is 1. The lowest BCUT2D eigenvalue weighted by Gasteiger charge is -2.29. The smallest absolute Gasteiger partial charge is 0.251 e. The van der Waals surface area contributed by atoms with Crippen LogP contribution in [0.25, 0.3) is 0 Å². The van der Waals surface area contributed by atoms with E-state index in [-0.39, 0.29) is 18.4 Å². The molecule has 2 aliphatic rings. The van der Waals surface area contributed by atoms with E-state index >= 15 is 0 Å². The van der Waals surface area contributed by atoms with Gasteiger partial charge in [-0.3, -0.25) is 0 Å². The van der Waals surface area contributed by atoms with Crippen molar-refractivity contribution in [2.45, 2.75) is 54.9 Å². The molecule has 0 saturated carbocycles.